The van der Waals surface area contributed by atoms with Crippen molar-refractivity contribution in [3.05, 3.63) is 50.8 Å². The molecule has 20 heavy (non-hydrogen) atoms. The summed E-state index contributed by atoms with van der Waals surface area (Å²) >= 11 is 5.80. The van der Waals surface area contributed by atoms with Crippen molar-refractivity contribution in [3.63, 3.8) is 0 Å². The number of aryl methyl sites for hydroxylation is 1. The minimum atomic E-state index is -4.52. The first kappa shape index (κ1) is 14.3. The quantitative estimate of drug-likeness (QED) is 0.627. The Hall–Kier alpha value is -2.09. The van der Waals surface area contributed by atoms with Gasteiger partial charge in [-0.2, -0.15) is 18.3 Å². The highest BCUT2D eigenvalue weighted by Crippen LogP contribution is 2.33. The molecule has 1 heterocycles. The van der Waals surface area contributed by atoms with Gasteiger partial charge in [0.05, 0.1) is 16.2 Å². The summed E-state index contributed by atoms with van der Waals surface area (Å²) in [5.74, 6) is 0. The Morgan fingerprint density at radius 2 is 2.05 bits per heavy atom. The minimum Gasteiger partial charge on any atom is -0.258 e. The van der Waals surface area contributed by atoms with Crippen molar-refractivity contribution in [2.24, 2.45) is 0 Å². The number of nitro groups is 1. The molecule has 0 spiro atoms. The standard InChI is InChI=1S/C11H7ClF3N3O2/c1-6-9(18(19)20)10(12)17(16-6)8-4-2-3-7(5-8)11(13,14)15/h2-5H,1H3. The van der Waals surface area contributed by atoms with Gasteiger partial charge in [-0.25, -0.2) is 4.68 Å². The van der Waals surface area contributed by atoms with E-state index in [1.54, 1.807) is 0 Å². The maximum Gasteiger partial charge on any atom is 0.416 e. The summed E-state index contributed by atoms with van der Waals surface area (Å²) in [7, 11) is 0. The van der Waals surface area contributed by atoms with Gasteiger partial charge in [-0.1, -0.05) is 17.7 Å². The highest BCUT2D eigenvalue weighted by molar-refractivity contribution is 6.32. The van der Waals surface area contributed by atoms with Crippen LogP contribution in [0.25, 0.3) is 5.69 Å². The maximum atomic E-state index is 12.6. The molecule has 0 N–H and O–H groups in total. The predicted octanol–water partition coefficient (Wildman–Crippen LogP) is 3.76. The van der Waals surface area contributed by atoms with Gasteiger partial charge >= 0.3 is 11.9 Å². The molecule has 0 aliphatic heterocycles. The van der Waals surface area contributed by atoms with Crippen LogP contribution in [0.1, 0.15) is 11.3 Å². The zero-order chi connectivity index (χ0) is 15.1. The number of halogens is 4. The Labute approximate surface area is 115 Å². The smallest absolute Gasteiger partial charge is 0.258 e. The monoisotopic (exact) mass is 305 g/mol. The lowest BCUT2D eigenvalue weighted by atomic mass is 10.2. The molecule has 1 aromatic heterocycles. The fourth-order valence-electron chi connectivity index (χ4n) is 1.68. The summed E-state index contributed by atoms with van der Waals surface area (Å²) in [6.45, 7) is 1.36. The first-order valence-corrected chi connectivity index (χ1v) is 5.66. The van der Waals surface area contributed by atoms with Crippen molar-refractivity contribution in [1.29, 1.82) is 0 Å². The molecule has 0 radical (unpaired) electrons. The summed E-state index contributed by atoms with van der Waals surface area (Å²) in [6.07, 6.45) is -4.52. The van der Waals surface area contributed by atoms with Crippen LogP contribution in [0.2, 0.25) is 5.15 Å². The zero-order valence-corrected chi connectivity index (χ0v) is 10.7. The van der Waals surface area contributed by atoms with E-state index in [1.165, 1.54) is 19.1 Å². The van der Waals surface area contributed by atoms with Crippen LogP contribution in [0.15, 0.2) is 24.3 Å². The van der Waals surface area contributed by atoms with E-state index < -0.39 is 22.4 Å². The maximum absolute atomic E-state index is 12.6. The van der Waals surface area contributed by atoms with Gasteiger partial charge in [-0.3, -0.25) is 10.1 Å². The Balaban J connectivity index is 2.58. The Kier molecular flexibility index (Phi) is 3.43. The molecule has 106 valence electrons. The number of aromatic nitrogens is 2. The van der Waals surface area contributed by atoms with Crippen molar-refractivity contribution in [2.75, 3.05) is 0 Å². The summed E-state index contributed by atoms with van der Waals surface area (Å²) < 4.78 is 38.8. The lowest BCUT2D eigenvalue weighted by Crippen LogP contribution is -2.06. The largest absolute Gasteiger partial charge is 0.416 e. The van der Waals surface area contributed by atoms with Crippen molar-refractivity contribution < 1.29 is 18.1 Å². The Bertz CT molecular complexity index is 682. The van der Waals surface area contributed by atoms with Crippen LogP contribution in [0.3, 0.4) is 0 Å². The molecular formula is C11H7ClF3N3O2. The van der Waals surface area contributed by atoms with Crippen LogP contribution in [0.5, 0.6) is 0 Å². The topological polar surface area (TPSA) is 61.0 Å². The predicted molar refractivity (Wildman–Crippen MR) is 65.0 cm³/mol. The molecular weight excluding hydrogens is 299 g/mol. The van der Waals surface area contributed by atoms with Gasteiger partial charge in [-0.05, 0) is 25.1 Å². The second-order valence-electron chi connectivity index (χ2n) is 3.94. The van der Waals surface area contributed by atoms with Crippen molar-refractivity contribution in [1.82, 2.24) is 9.78 Å². The summed E-state index contributed by atoms with van der Waals surface area (Å²) in [5, 5.41) is 14.3. The number of hydrogen-bond acceptors (Lipinski definition) is 3. The third-order valence-electron chi connectivity index (χ3n) is 2.57. The van der Waals surface area contributed by atoms with Gasteiger partial charge < -0.3 is 0 Å². The molecule has 0 aliphatic rings. The highest BCUT2D eigenvalue weighted by atomic mass is 35.5. The normalized spacial score (nSPS) is 11.7. The molecule has 0 bridgehead atoms. The van der Waals surface area contributed by atoms with E-state index in [4.69, 9.17) is 11.6 Å². The van der Waals surface area contributed by atoms with Crippen LogP contribution in [0.4, 0.5) is 18.9 Å². The molecule has 5 nitrogen and oxygen atoms in total. The zero-order valence-electron chi connectivity index (χ0n) is 9.98. The molecule has 1 aromatic carbocycles. The van der Waals surface area contributed by atoms with Crippen molar-refractivity contribution in [2.45, 2.75) is 13.1 Å². The average Bonchev–Trinajstić information content (AvgIpc) is 2.64. The van der Waals surface area contributed by atoms with E-state index in [9.17, 15) is 23.3 Å². The Morgan fingerprint density at radius 1 is 1.40 bits per heavy atom. The van der Waals surface area contributed by atoms with E-state index in [0.29, 0.717) is 0 Å². The number of alkyl halides is 3. The van der Waals surface area contributed by atoms with Crippen LogP contribution in [-0.4, -0.2) is 14.7 Å². The van der Waals surface area contributed by atoms with Gasteiger partial charge in [0.2, 0.25) is 5.15 Å². The molecule has 2 aromatic rings. The minimum absolute atomic E-state index is 0.000949. The lowest BCUT2D eigenvalue weighted by molar-refractivity contribution is -0.385. The number of hydrogen-bond donors (Lipinski definition) is 0. The molecule has 0 amide bonds. The van der Waals surface area contributed by atoms with Gasteiger partial charge in [0, 0.05) is 0 Å². The van der Waals surface area contributed by atoms with Gasteiger partial charge in [0.15, 0.2) is 0 Å². The van der Waals surface area contributed by atoms with Gasteiger partial charge in [-0.15, -0.1) is 0 Å². The van der Waals surface area contributed by atoms with Gasteiger partial charge in [0.25, 0.3) is 0 Å². The second-order valence-corrected chi connectivity index (χ2v) is 4.30. The first-order valence-electron chi connectivity index (χ1n) is 5.29. The summed E-state index contributed by atoms with van der Waals surface area (Å²) in [5.41, 5.74) is -1.29. The van der Waals surface area contributed by atoms with Crippen LogP contribution in [0, 0.1) is 17.0 Å². The Morgan fingerprint density at radius 3 is 2.55 bits per heavy atom. The average molecular weight is 306 g/mol. The summed E-state index contributed by atoms with van der Waals surface area (Å²) in [4.78, 5) is 10.1. The number of nitrogens with zero attached hydrogens (tertiary/aromatic N) is 3. The third kappa shape index (κ3) is 2.46. The van der Waals surface area contributed by atoms with Crippen LogP contribution < -0.4 is 0 Å². The van der Waals surface area contributed by atoms with Crippen molar-refractivity contribution in [3.8, 4) is 5.69 Å². The van der Waals surface area contributed by atoms with E-state index in [-0.39, 0.29) is 16.5 Å². The second kappa shape index (κ2) is 4.78. The van der Waals surface area contributed by atoms with Crippen molar-refractivity contribution >= 4 is 17.3 Å². The van der Waals surface area contributed by atoms with Crippen LogP contribution >= 0.6 is 11.6 Å². The van der Waals surface area contributed by atoms with E-state index in [0.717, 1.165) is 16.8 Å². The van der Waals surface area contributed by atoms with Gasteiger partial charge in [0.1, 0.15) is 5.69 Å². The molecule has 0 saturated carbocycles. The van der Waals surface area contributed by atoms with E-state index in [2.05, 4.69) is 5.10 Å². The molecule has 2 rings (SSSR count). The lowest BCUT2D eigenvalue weighted by Gasteiger charge is -2.08. The first-order chi connectivity index (χ1) is 9.21. The number of rotatable bonds is 2. The highest BCUT2D eigenvalue weighted by Gasteiger charge is 2.31. The third-order valence-corrected chi connectivity index (χ3v) is 2.91. The molecule has 0 unspecified atom stereocenters. The number of benzene rings is 1. The molecule has 9 heteroatoms. The molecule has 0 fully saturated rings. The van der Waals surface area contributed by atoms with E-state index >= 15 is 0 Å². The van der Waals surface area contributed by atoms with Crippen LogP contribution in [-0.2, 0) is 6.18 Å². The summed E-state index contributed by atoms with van der Waals surface area (Å²) in [6, 6.07) is 4.22. The molecule has 0 aliphatic carbocycles. The fourth-order valence-corrected chi connectivity index (χ4v) is 2.02. The molecule has 0 atom stereocenters. The van der Waals surface area contributed by atoms with E-state index in [1.807, 2.05) is 0 Å². The SMILES string of the molecule is Cc1nn(-c2cccc(C(F)(F)F)c2)c(Cl)c1[N+](=O)[O-]. The fraction of sp³-hybridized carbons (Fsp3) is 0.182. The molecule has 0 saturated heterocycles.